The van der Waals surface area contributed by atoms with Crippen LogP contribution in [-0.2, 0) is 30.4 Å². The predicted octanol–water partition coefficient (Wildman–Crippen LogP) is -2.07. The fourth-order valence-electron chi connectivity index (χ4n) is 3.72. The molecule has 0 bridgehead atoms. The van der Waals surface area contributed by atoms with E-state index in [1.54, 1.807) is 12.1 Å². The second-order valence-corrected chi connectivity index (χ2v) is 9.24. The third kappa shape index (κ3) is 13.0. The smallest absolute Gasteiger partial charge is 0.326 e. The zero-order valence-corrected chi connectivity index (χ0v) is 21.9. The number of hydrogen-bond donors (Lipinski definition) is 9. The summed E-state index contributed by atoms with van der Waals surface area (Å²) in [5.74, 6) is -4.23. The molecule has 4 amide bonds. The number of rotatable bonds is 19. The lowest BCUT2D eigenvalue weighted by Crippen LogP contribution is -2.57. The molecule has 0 aliphatic rings. The first-order valence-corrected chi connectivity index (χ1v) is 12.8. The second kappa shape index (κ2) is 17.7. The molecule has 0 radical (unpaired) electrons. The number of nitrogens with two attached hydrogens (primary N) is 4. The highest BCUT2D eigenvalue weighted by atomic mass is 16.4. The van der Waals surface area contributed by atoms with E-state index in [4.69, 9.17) is 22.9 Å². The number of hydrogen-bond acceptors (Lipinski definition) is 9. The van der Waals surface area contributed by atoms with Crippen LogP contribution in [0, 0.1) is 0 Å². The summed E-state index contributed by atoms with van der Waals surface area (Å²) in [5.41, 5.74) is 22.4. The summed E-state index contributed by atoms with van der Waals surface area (Å²) in [7, 11) is 0. The molecule has 4 atom stereocenters. The van der Waals surface area contributed by atoms with Gasteiger partial charge in [-0.25, -0.2) is 4.79 Å². The summed E-state index contributed by atoms with van der Waals surface area (Å²) in [6.45, 7) is 0.732. The molecule has 0 saturated carbocycles. The minimum Gasteiger partial charge on any atom is -0.508 e. The van der Waals surface area contributed by atoms with E-state index in [1.165, 1.54) is 12.1 Å². The van der Waals surface area contributed by atoms with E-state index in [9.17, 15) is 34.2 Å². The Morgan fingerprint density at radius 3 is 1.74 bits per heavy atom. The van der Waals surface area contributed by atoms with Crippen LogP contribution in [-0.4, -0.2) is 77.1 Å². The van der Waals surface area contributed by atoms with E-state index >= 15 is 0 Å². The minimum absolute atomic E-state index is 0.00427. The van der Waals surface area contributed by atoms with Gasteiger partial charge in [0.05, 0.1) is 12.5 Å². The molecule has 14 heteroatoms. The van der Waals surface area contributed by atoms with Crippen molar-refractivity contribution in [3.8, 4) is 5.75 Å². The number of aliphatic carboxylic acids is 1. The van der Waals surface area contributed by atoms with E-state index < -0.39 is 60.2 Å². The molecule has 0 aliphatic heterocycles. The van der Waals surface area contributed by atoms with Gasteiger partial charge in [0.25, 0.3) is 0 Å². The van der Waals surface area contributed by atoms with Crippen molar-refractivity contribution in [3.63, 3.8) is 0 Å². The van der Waals surface area contributed by atoms with Gasteiger partial charge in [0.15, 0.2) is 0 Å². The molecule has 1 aromatic carbocycles. The van der Waals surface area contributed by atoms with Gasteiger partial charge >= 0.3 is 5.97 Å². The van der Waals surface area contributed by atoms with Crippen molar-refractivity contribution in [1.29, 1.82) is 0 Å². The van der Waals surface area contributed by atoms with Gasteiger partial charge in [-0.1, -0.05) is 12.1 Å². The van der Waals surface area contributed by atoms with Crippen LogP contribution in [0.1, 0.15) is 50.5 Å². The standard InChI is InChI=1S/C25H41N7O7/c26-11-3-1-5-18(30-22(35)17(28)14-21(29)34)23(36)32-20(13-15-7-9-16(33)10-8-15)24(37)31-19(25(38)39)6-2-4-12-27/h7-10,17-20,33H,1-6,11-14,26-28H2,(H2,29,34)(H,30,35)(H,31,37)(H,32,36)(H,38,39). The molecule has 0 heterocycles. The number of nitrogens with one attached hydrogen (secondary N) is 3. The molecule has 218 valence electrons. The minimum atomic E-state index is -1.27. The van der Waals surface area contributed by atoms with Crippen molar-refractivity contribution in [2.45, 2.75) is 75.5 Å². The van der Waals surface area contributed by atoms with Crippen molar-refractivity contribution in [3.05, 3.63) is 29.8 Å². The van der Waals surface area contributed by atoms with E-state index in [0.29, 0.717) is 44.3 Å². The van der Waals surface area contributed by atoms with Crippen molar-refractivity contribution in [2.75, 3.05) is 13.1 Å². The number of carbonyl (C=O) groups is 5. The lowest BCUT2D eigenvalue weighted by atomic mass is 10.0. The van der Waals surface area contributed by atoms with Gasteiger partial charge in [-0.15, -0.1) is 0 Å². The highest BCUT2D eigenvalue weighted by Crippen LogP contribution is 2.13. The number of carboxylic acid groups (broad SMARTS) is 1. The van der Waals surface area contributed by atoms with E-state index in [0.717, 1.165) is 0 Å². The number of aromatic hydroxyl groups is 1. The average Bonchev–Trinajstić information content (AvgIpc) is 2.87. The van der Waals surface area contributed by atoms with Crippen molar-refractivity contribution >= 4 is 29.6 Å². The molecule has 13 N–H and O–H groups in total. The van der Waals surface area contributed by atoms with Crippen LogP contribution < -0.4 is 38.9 Å². The van der Waals surface area contributed by atoms with Crippen LogP contribution in [0.2, 0.25) is 0 Å². The lowest BCUT2D eigenvalue weighted by Gasteiger charge is -2.25. The summed E-state index contributed by atoms with van der Waals surface area (Å²) in [6.07, 6.45) is 1.95. The summed E-state index contributed by atoms with van der Waals surface area (Å²) < 4.78 is 0. The quantitative estimate of drug-likeness (QED) is 0.0848. The molecule has 4 unspecified atom stereocenters. The second-order valence-electron chi connectivity index (χ2n) is 9.24. The van der Waals surface area contributed by atoms with Gasteiger partial charge < -0.3 is 49.1 Å². The Hall–Kier alpha value is -3.75. The summed E-state index contributed by atoms with van der Waals surface area (Å²) in [5, 5.41) is 26.7. The van der Waals surface area contributed by atoms with Crippen LogP contribution in [0.3, 0.4) is 0 Å². The highest BCUT2D eigenvalue weighted by Gasteiger charge is 2.30. The van der Waals surface area contributed by atoms with Crippen LogP contribution in [0.5, 0.6) is 5.75 Å². The van der Waals surface area contributed by atoms with Crippen molar-refractivity contribution in [1.82, 2.24) is 16.0 Å². The zero-order valence-electron chi connectivity index (χ0n) is 21.9. The van der Waals surface area contributed by atoms with E-state index in [2.05, 4.69) is 16.0 Å². The Morgan fingerprint density at radius 2 is 1.23 bits per heavy atom. The maximum absolute atomic E-state index is 13.3. The zero-order chi connectivity index (χ0) is 29.4. The van der Waals surface area contributed by atoms with Gasteiger partial charge in [0.1, 0.15) is 23.9 Å². The Balaban J connectivity index is 3.14. The average molecular weight is 552 g/mol. The van der Waals surface area contributed by atoms with Gasteiger partial charge in [-0.2, -0.15) is 0 Å². The normalized spacial score (nSPS) is 13.9. The molecule has 0 aromatic heterocycles. The summed E-state index contributed by atoms with van der Waals surface area (Å²) in [6, 6.07) is 1.14. The molecule has 1 rings (SSSR count). The molecule has 0 saturated heterocycles. The van der Waals surface area contributed by atoms with Crippen LogP contribution >= 0.6 is 0 Å². The number of carboxylic acids is 1. The lowest BCUT2D eigenvalue weighted by molar-refractivity contribution is -0.142. The fourth-order valence-corrected chi connectivity index (χ4v) is 3.72. The molecular weight excluding hydrogens is 510 g/mol. The number of carbonyl (C=O) groups excluding carboxylic acids is 4. The fraction of sp³-hybridized carbons (Fsp3) is 0.560. The maximum Gasteiger partial charge on any atom is 0.326 e. The highest BCUT2D eigenvalue weighted by molar-refractivity contribution is 5.95. The Morgan fingerprint density at radius 1 is 0.744 bits per heavy atom. The van der Waals surface area contributed by atoms with Crippen molar-refractivity contribution < 1.29 is 34.2 Å². The van der Waals surface area contributed by atoms with E-state index in [1.807, 2.05) is 0 Å². The number of amides is 4. The Labute approximate surface area is 227 Å². The first kappa shape index (κ1) is 33.3. The largest absolute Gasteiger partial charge is 0.508 e. The van der Waals surface area contributed by atoms with Gasteiger partial charge in [0.2, 0.25) is 23.6 Å². The first-order valence-electron chi connectivity index (χ1n) is 12.8. The summed E-state index contributed by atoms with van der Waals surface area (Å²) >= 11 is 0. The monoisotopic (exact) mass is 551 g/mol. The number of phenols is 1. The topological polar surface area (TPSA) is 266 Å². The molecule has 0 spiro atoms. The predicted molar refractivity (Wildman–Crippen MR) is 143 cm³/mol. The number of phenolic OH excluding ortho intramolecular Hbond substituents is 1. The molecule has 0 fully saturated rings. The van der Waals surface area contributed by atoms with Gasteiger partial charge in [-0.05, 0) is 69.3 Å². The number of primary amides is 1. The molecule has 0 aliphatic carbocycles. The third-order valence-electron chi connectivity index (χ3n) is 5.91. The van der Waals surface area contributed by atoms with Crippen LogP contribution in [0.4, 0.5) is 0 Å². The molecule has 1 aromatic rings. The molecule has 14 nitrogen and oxygen atoms in total. The van der Waals surface area contributed by atoms with Gasteiger partial charge in [0, 0.05) is 6.42 Å². The SMILES string of the molecule is NCCCCC(NC(=O)C(Cc1ccc(O)cc1)NC(=O)C(CCCCN)NC(=O)C(N)CC(N)=O)C(=O)O. The number of unbranched alkanes of at least 4 members (excludes halogenated alkanes) is 2. The van der Waals surface area contributed by atoms with E-state index in [-0.39, 0.29) is 25.0 Å². The Kier molecular flexibility index (Phi) is 15.1. The maximum atomic E-state index is 13.3. The Bertz CT molecular complexity index is 959. The van der Waals surface area contributed by atoms with Crippen molar-refractivity contribution in [2.24, 2.45) is 22.9 Å². The molecular formula is C25H41N7O7. The van der Waals surface area contributed by atoms with Crippen LogP contribution in [0.25, 0.3) is 0 Å². The van der Waals surface area contributed by atoms with Gasteiger partial charge in [-0.3, -0.25) is 19.2 Å². The third-order valence-corrected chi connectivity index (χ3v) is 5.91. The van der Waals surface area contributed by atoms with Crippen LogP contribution in [0.15, 0.2) is 24.3 Å². The summed E-state index contributed by atoms with van der Waals surface area (Å²) in [4.78, 5) is 61.8. The first-order chi connectivity index (χ1) is 18.5. The molecule has 39 heavy (non-hydrogen) atoms. The number of benzene rings is 1.